The summed E-state index contributed by atoms with van der Waals surface area (Å²) >= 11 is 7.48. The zero-order valence-electron chi connectivity index (χ0n) is 10.3. The largest absolute Gasteiger partial charge is 0.394 e. The van der Waals surface area contributed by atoms with Gasteiger partial charge >= 0.3 is 0 Å². The first-order valence-corrected chi connectivity index (χ1v) is 7.12. The third kappa shape index (κ3) is 3.15. The van der Waals surface area contributed by atoms with Crippen LogP contribution in [0.25, 0.3) is 11.0 Å². The molecule has 19 heavy (non-hydrogen) atoms. The first kappa shape index (κ1) is 14.0. The van der Waals surface area contributed by atoms with E-state index in [0.29, 0.717) is 17.3 Å². The minimum Gasteiger partial charge on any atom is -0.394 e. The number of imidazole rings is 1. The summed E-state index contributed by atoms with van der Waals surface area (Å²) in [6, 6.07) is -0.223. The van der Waals surface area contributed by atoms with Gasteiger partial charge in [-0.2, -0.15) is 0 Å². The van der Waals surface area contributed by atoms with Gasteiger partial charge in [-0.25, -0.2) is 4.98 Å². The van der Waals surface area contributed by atoms with Gasteiger partial charge in [-0.3, -0.25) is 9.20 Å². The van der Waals surface area contributed by atoms with Crippen molar-refractivity contribution in [2.45, 2.75) is 19.4 Å². The molecule has 2 heterocycles. The number of nitrogens with one attached hydrogen (secondary N) is 1. The quantitative estimate of drug-likeness (QED) is 0.829. The number of fused-ring (bicyclic) bond motifs is 1. The van der Waals surface area contributed by atoms with Crippen molar-refractivity contribution in [1.29, 1.82) is 0 Å². The van der Waals surface area contributed by atoms with Crippen molar-refractivity contribution in [3.63, 3.8) is 0 Å². The highest BCUT2D eigenvalue weighted by atomic mass is 35.5. The van der Waals surface area contributed by atoms with Gasteiger partial charge in [0, 0.05) is 17.7 Å². The Kier molecular flexibility index (Phi) is 4.57. The summed E-state index contributed by atoms with van der Waals surface area (Å²) in [4.78, 5) is 16.6. The Bertz CT molecular complexity index is 601. The van der Waals surface area contributed by atoms with Crippen LogP contribution in [0.5, 0.6) is 0 Å². The van der Waals surface area contributed by atoms with E-state index < -0.39 is 0 Å². The average molecular weight is 300 g/mol. The Labute approximate surface area is 119 Å². The Morgan fingerprint density at radius 2 is 2.53 bits per heavy atom. The maximum absolute atomic E-state index is 11.7. The third-order valence-corrected chi connectivity index (χ3v) is 3.74. The van der Waals surface area contributed by atoms with E-state index in [2.05, 4.69) is 10.3 Å². The molecule has 5 nitrogen and oxygen atoms in total. The molecule has 2 aromatic heterocycles. The van der Waals surface area contributed by atoms with Crippen LogP contribution in [0.4, 0.5) is 0 Å². The number of rotatable bonds is 5. The second-order valence-corrected chi connectivity index (χ2v) is 5.20. The van der Waals surface area contributed by atoms with Gasteiger partial charge in [0.2, 0.25) is 5.91 Å². The van der Waals surface area contributed by atoms with Crippen LogP contribution < -0.4 is 5.32 Å². The van der Waals surface area contributed by atoms with Crippen molar-refractivity contribution < 1.29 is 9.90 Å². The molecule has 0 aliphatic heterocycles. The summed E-state index contributed by atoms with van der Waals surface area (Å²) in [5, 5.41) is 14.0. The van der Waals surface area contributed by atoms with Crippen molar-refractivity contribution in [3.05, 3.63) is 28.5 Å². The van der Waals surface area contributed by atoms with Crippen LogP contribution in [0.2, 0.25) is 5.15 Å². The second kappa shape index (κ2) is 6.18. The highest BCUT2D eigenvalue weighted by molar-refractivity contribution is 7.15. The fourth-order valence-electron chi connectivity index (χ4n) is 1.61. The molecule has 0 radical (unpaired) electrons. The molecule has 2 aromatic rings. The molecule has 102 valence electrons. The van der Waals surface area contributed by atoms with E-state index in [4.69, 9.17) is 16.7 Å². The lowest BCUT2D eigenvalue weighted by atomic mass is 10.2. The van der Waals surface area contributed by atoms with Crippen LogP contribution in [0, 0.1) is 0 Å². The van der Waals surface area contributed by atoms with Crippen LogP contribution >= 0.6 is 22.9 Å². The molecule has 7 heteroatoms. The minimum absolute atomic E-state index is 0.0711. The van der Waals surface area contributed by atoms with Crippen molar-refractivity contribution in [2.75, 3.05) is 6.61 Å². The molecule has 1 amide bonds. The maximum atomic E-state index is 11.7. The highest BCUT2D eigenvalue weighted by Gasteiger charge is 2.10. The molecule has 0 saturated heterocycles. The Hall–Kier alpha value is -1.37. The third-order valence-electron chi connectivity index (χ3n) is 2.71. The number of halogens is 1. The Morgan fingerprint density at radius 1 is 1.74 bits per heavy atom. The molecule has 1 atom stereocenters. The fraction of sp³-hybridized carbons (Fsp3) is 0.333. The molecular formula is C12H14ClN3O2S. The summed E-state index contributed by atoms with van der Waals surface area (Å²) in [7, 11) is 0. The van der Waals surface area contributed by atoms with Crippen molar-refractivity contribution in [1.82, 2.24) is 14.7 Å². The lowest BCUT2D eigenvalue weighted by molar-refractivity contribution is -0.117. The molecule has 0 fully saturated rings. The number of amides is 1. The molecule has 0 saturated carbocycles. The molecule has 0 bridgehead atoms. The molecule has 0 aromatic carbocycles. The standard InChI is InChI=1S/C12H14ClN3O2S/c1-2-8(7-17)14-10(18)4-3-9-11(13)15-12-16(9)5-6-19-12/h3-6,8,17H,2,7H2,1H3,(H,14,18)/b4-3+. The Balaban J connectivity index is 2.11. The van der Waals surface area contributed by atoms with Gasteiger partial charge in [0.25, 0.3) is 0 Å². The van der Waals surface area contributed by atoms with Crippen molar-refractivity contribution >= 4 is 39.9 Å². The molecule has 0 spiro atoms. The van der Waals surface area contributed by atoms with E-state index in [0.717, 1.165) is 4.96 Å². The highest BCUT2D eigenvalue weighted by Crippen LogP contribution is 2.22. The van der Waals surface area contributed by atoms with Crippen LogP contribution in [0.15, 0.2) is 17.7 Å². The first-order chi connectivity index (χ1) is 9.15. The molecule has 0 aliphatic carbocycles. The summed E-state index contributed by atoms with van der Waals surface area (Å²) < 4.78 is 1.82. The predicted molar refractivity (Wildman–Crippen MR) is 76.4 cm³/mol. The molecule has 2 N–H and O–H groups in total. The van der Waals surface area contributed by atoms with Crippen molar-refractivity contribution in [3.8, 4) is 0 Å². The smallest absolute Gasteiger partial charge is 0.244 e. The first-order valence-electron chi connectivity index (χ1n) is 5.86. The maximum Gasteiger partial charge on any atom is 0.244 e. The van der Waals surface area contributed by atoms with Gasteiger partial charge in [-0.05, 0) is 12.5 Å². The number of aliphatic hydroxyl groups is 1. The topological polar surface area (TPSA) is 66.6 Å². The van der Waals surface area contributed by atoms with E-state index >= 15 is 0 Å². The number of carbonyl (C=O) groups is 1. The zero-order valence-corrected chi connectivity index (χ0v) is 11.9. The van der Waals surface area contributed by atoms with E-state index in [1.54, 1.807) is 6.08 Å². The van der Waals surface area contributed by atoms with Crippen molar-refractivity contribution in [2.24, 2.45) is 0 Å². The van der Waals surface area contributed by atoms with Crippen LogP contribution in [-0.4, -0.2) is 33.0 Å². The summed E-state index contributed by atoms with van der Waals surface area (Å²) in [6.07, 6.45) is 5.54. The fourth-order valence-corrected chi connectivity index (χ4v) is 2.61. The van der Waals surface area contributed by atoms with E-state index in [1.165, 1.54) is 17.4 Å². The normalized spacial score (nSPS) is 13.2. The summed E-state index contributed by atoms with van der Waals surface area (Å²) in [5.74, 6) is -0.262. The number of aromatic nitrogens is 2. The van der Waals surface area contributed by atoms with Gasteiger partial charge in [0.15, 0.2) is 10.1 Å². The SMILES string of the molecule is CCC(CO)NC(=O)/C=C/c1c(Cl)nc2sccn12. The lowest BCUT2D eigenvalue weighted by Crippen LogP contribution is -2.35. The molecular weight excluding hydrogens is 286 g/mol. The Morgan fingerprint density at radius 3 is 3.21 bits per heavy atom. The van der Waals surface area contributed by atoms with Gasteiger partial charge in [-0.15, -0.1) is 11.3 Å². The number of hydrogen-bond acceptors (Lipinski definition) is 4. The summed E-state index contributed by atoms with van der Waals surface area (Å²) in [5.41, 5.74) is 0.671. The molecule has 1 unspecified atom stereocenters. The zero-order chi connectivity index (χ0) is 13.8. The minimum atomic E-state index is -0.262. The second-order valence-electron chi connectivity index (χ2n) is 3.97. The average Bonchev–Trinajstić information content (AvgIpc) is 2.94. The van der Waals surface area contributed by atoms with Crippen LogP contribution in [0.3, 0.4) is 0 Å². The van der Waals surface area contributed by atoms with E-state index in [1.807, 2.05) is 22.9 Å². The molecule has 2 rings (SSSR count). The van der Waals surface area contributed by atoms with E-state index in [-0.39, 0.29) is 18.6 Å². The number of aliphatic hydroxyl groups excluding tert-OH is 1. The number of nitrogens with zero attached hydrogens (tertiary/aromatic N) is 2. The predicted octanol–water partition coefficient (Wildman–Crippen LogP) is 1.95. The van der Waals surface area contributed by atoms with Gasteiger partial charge in [0.05, 0.1) is 18.3 Å². The number of thiazole rings is 1. The van der Waals surface area contributed by atoms with Gasteiger partial charge in [-0.1, -0.05) is 18.5 Å². The lowest BCUT2D eigenvalue weighted by Gasteiger charge is -2.11. The monoisotopic (exact) mass is 299 g/mol. The van der Waals surface area contributed by atoms with Crippen LogP contribution in [-0.2, 0) is 4.79 Å². The van der Waals surface area contributed by atoms with Gasteiger partial charge in [0.1, 0.15) is 0 Å². The summed E-state index contributed by atoms with van der Waals surface area (Å²) in [6.45, 7) is 1.83. The number of carbonyl (C=O) groups excluding carboxylic acids is 1. The number of hydrogen-bond donors (Lipinski definition) is 2. The van der Waals surface area contributed by atoms with Crippen LogP contribution in [0.1, 0.15) is 19.0 Å². The van der Waals surface area contributed by atoms with Gasteiger partial charge < -0.3 is 10.4 Å². The van der Waals surface area contributed by atoms with E-state index in [9.17, 15) is 4.79 Å². The molecule has 0 aliphatic rings.